The highest BCUT2D eigenvalue weighted by atomic mass is 32.1. The molecule has 0 unspecified atom stereocenters. The van der Waals surface area contributed by atoms with E-state index in [1.165, 1.54) is 39.1 Å². The SMILES string of the molecule is COc1cc(NC(=O)Nc2nnc(N3CCCCC3)s2)cc(OC)c1OC. The highest BCUT2D eigenvalue weighted by Crippen LogP contribution is 2.40. The van der Waals surface area contributed by atoms with E-state index in [4.69, 9.17) is 14.2 Å². The minimum Gasteiger partial charge on any atom is -0.493 e. The van der Waals surface area contributed by atoms with E-state index in [1.54, 1.807) is 12.1 Å². The van der Waals surface area contributed by atoms with Crippen molar-refractivity contribution in [3.05, 3.63) is 12.1 Å². The molecule has 0 saturated carbocycles. The van der Waals surface area contributed by atoms with Gasteiger partial charge >= 0.3 is 6.03 Å². The highest BCUT2D eigenvalue weighted by Gasteiger charge is 2.18. The number of ether oxygens (including phenoxy) is 3. The van der Waals surface area contributed by atoms with Crippen LogP contribution < -0.4 is 29.7 Å². The average molecular weight is 393 g/mol. The van der Waals surface area contributed by atoms with Gasteiger partial charge in [-0.2, -0.15) is 0 Å². The summed E-state index contributed by atoms with van der Waals surface area (Å²) in [5.74, 6) is 1.37. The molecule has 1 aliphatic rings. The number of methoxy groups -OCH3 is 3. The van der Waals surface area contributed by atoms with Crippen molar-refractivity contribution >= 4 is 33.3 Å². The van der Waals surface area contributed by atoms with Crippen LogP contribution in [0.4, 0.5) is 20.7 Å². The van der Waals surface area contributed by atoms with Crippen LogP contribution in [0.2, 0.25) is 0 Å². The Morgan fingerprint density at radius 3 is 2.26 bits per heavy atom. The molecule has 1 aliphatic heterocycles. The molecule has 1 fully saturated rings. The van der Waals surface area contributed by atoms with Crippen molar-refractivity contribution in [1.29, 1.82) is 0 Å². The van der Waals surface area contributed by atoms with Crippen molar-refractivity contribution in [1.82, 2.24) is 10.2 Å². The van der Waals surface area contributed by atoms with Crippen LogP contribution in [0.15, 0.2) is 12.1 Å². The second-order valence-corrected chi connectivity index (χ2v) is 6.89. The number of carbonyl (C=O) groups is 1. The summed E-state index contributed by atoms with van der Waals surface area (Å²) in [6.45, 7) is 1.96. The van der Waals surface area contributed by atoms with Gasteiger partial charge in [-0.3, -0.25) is 5.32 Å². The van der Waals surface area contributed by atoms with Crippen LogP contribution in [0, 0.1) is 0 Å². The molecule has 2 amide bonds. The number of aromatic nitrogens is 2. The van der Waals surface area contributed by atoms with Crippen molar-refractivity contribution in [2.45, 2.75) is 19.3 Å². The zero-order valence-electron chi connectivity index (χ0n) is 15.6. The summed E-state index contributed by atoms with van der Waals surface area (Å²) in [6.07, 6.45) is 3.56. The van der Waals surface area contributed by atoms with Crippen molar-refractivity contribution in [3.63, 3.8) is 0 Å². The molecule has 1 saturated heterocycles. The van der Waals surface area contributed by atoms with Crippen LogP contribution >= 0.6 is 11.3 Å². The van der Waals surface area contributed by atoms with Crippen molar-refractivity contribution in [3.8, 4) is 17.2 Å². The predicted octanol–water partition coefficient (Wildman–Crippen LogP) is 3.20. The van der Waals surface area contributed by atoms with Gasteiger partial charge in [-0.15, -0.1) is 10.2 Å². The van der Waals surface area contributed by atoms with Crippen LogP contribution in [0.25, 0.3) is 0 Å². The molecule has 146 valence electrons. The van der Waals surface area contributed by atoms with Gasteiger partial charge in [0, 0.05) is 25.2 Å². The van der Waals surface area contributed by atoms with E-state index in [9.17, 15) is 4.79 Å². The second kappa shape index (κ2) is 8.76. The average Bonchev–Trinajstić information content (AvgIpc) is 3.16. The topological polar surface area (TPSA) is 97.8 Å². The fourth-order valence-electron chi connectivity index (χ4n) is 2.89. The maximum atomic E-state index is 12.3. The van der Waals surface area contributed by atoms with Gasteiger partial charge in [-0.25, -0.2) is 4.79 Å². The summed E-state index contributed by atoms with van der Waals surface area (Å²) in [6, 6.07) is 2.88. The lowest BCUT2D eigenvalue weighted by Crippen LogP contribution is -2.29. The van der Waals surface area contributed by atoms with E-state index in [-0.39, 0.29) is 0 Å². The summed E-state index contributed by atoms with van der Waals surface area (Å²) in [4.78, 5) is 14.5. The van der Waals surface area contributed by atoms with Gasteiger partial charge in [0.1, 0.15) is 0 Å². The molecule has 27 heavy (non-hydrogen) atoms. The number of amides is 2. The van der Waals surface area contributed by atoms with Crippen molar-refractivity contribution < 1.29 is 19.0 Å². The van der Waals surface area contributed by atoms with Gasteiger partial charge in [-0.05, 0) is 19.3 Å². The number of piperidine rings is 1. The number of anilines is 3. The monoisotopic (exact) mass is 393 g/mol. The molecule has 2 aromatic rings. The Bertz CT molecular complexity index is 766. The van der Waals surface area contributed by atoms with Crippen molar-refractivity contribution in [2.75, 3.05) is 50.0 Å². The lowest BCUT2D eigenvalue weighted by atomic mass is 10.1. The van der Waals surface area contributed by atoms with Gasteiger partial charge in [0.25, 0.3) is 0 Å². The molecule has 2 heterocycles. The maximum Gasteiger partial charge on any atom is 0.325 e. The summed E-state index contributed by atoms with van der Waals surface area (Å²) in [5, 5.41) is 15.0. The summed E-state index contributed by atoms with van der Waals surface area (Å²) in [7, 11) is 4.56. The number of nitrogens with one attached hydrogen (secondary N) is 2. The zero-order valence-corrected chi connectivity index (χ0v) is 16.4. The van der Waals surface area contributed by atoms with E-state index >= 15 is 0 Å². The lowest BCUT2D eigenvalue weighted by molar-refractivity contribution is 0.262. The highest BCUT2D eigenvalue weighted by molar-refractivity contribution is 7.19. The second-order valence-electron chi connectivity index (χ2n) is 5.93. The molecule has 1 aromatic carbocycles. The van der Waals surface area contributed by atoms with Gasteiger partial charge in [-0.1, -0.05) is 11.3 Å². The van der Waals surface area contributed by atoms with Crippen LogP contribution in [-0.4, -0.2) is 50.6 Å². The normalized spacial score (nSPS) is 13.8. The molecule has 0 atom stereocenters. The van der Waals surface area contributed by atoms with Gasteiger partial charge in [0.15, 0.2) is 11.5 Å². The Morgan fingerprint density at radius 2 is 1.67 bits per heavy atom. The molecule has 0 aliphatic carbocycles. The molecule has 0 spiro atoms. The van der Waals surface area contributed by atoms with E-state index in [2.05, 4.69) is 25.7 Å². The van der Waals surface area contributed by atoms with E-state index < -0.39 is 6.03 Å². The predicted molar refractivity (Wildman–Crippen MR) is 105 cm³/mol. The number of nitrogens with zero attached hydrogens (tertiary/aromatic N) is 3. The van der Waals surface area contributed by atoms with E-state index in [0.29, 0.717) is 28.1 Å². The molecular weight excluding hydrogens is 370 g/mol. The number of urea groups is 1. The van der Waals surface area contributed by atoms with Crippen LogP contribution in [0.5, 0.6) is 17.2 Å². The Labute approximate surface area is 161 Å². The first-order valence-corrected chi connectivity index (χ1v) is 9.42. The smallest absolute Gasteiger partial charge is 0.325 e. The quantitative estimate of drug-likeness (QED) is 0.778. The molecule has 1 aromatic heterocycles. The summed E-state index contributed by atoms with van der Waals surface area (Å²) < 4.78 is 15.8. The standard InChI is InChI=1S/C17H23N5O4S/c1-24-12-9-11(10-13(25-2)14(12)26-3)18-15(23)19-16-20-21-17(27-16)22-7-5-4-6-8-22/h9-10H,4-8H2,1-3H3,(H2,18,19,20,23). The van der Waals surface area contributed by atoms with Gasteiger partial charge in [0.2, 0.25) is 16.0 Å². The number of benzene rings is 1. The summed E-state index contributed by atoms with van der Waals surface area (Å²) >= 11 is 1.36. The van der Waals surface area contributed by atoms with Crippen LogP contribution in [0.1, 0.15) is 19.3 Å². The van der Waals surface area contributed by atoms with Crippen LogP contribution in [-0.2, 0) is 0 Å². The molecule has 10 heteroatoms. The minimum atomic E-state index is -0.425. The molecule has 0 radical (unpaired) electrons. The minimum absolute atomic E-state index is 0.425. The third kappa shape index (κ3) is 4.51. The molecule has 9 nitrogen and oxygen atoms in total. The van der Waals surface area contributed by atoms with E-state index in [0.717, 1.165) is 31.1 Å². The van der Waals surface area contributed by atoms with E-state index in [1.807, 2.05) is 0 Å². The van der Waals surface area contributed by atoms with Gasteiger partial charge in [0.05, 0.1) is 27.0 Å². The van der Waals surface area contributed by atoms with Crippen molar-refractivity contribution in [2.24, 2.45) is 0 Å². The maximum absolute atomic E-state index is 12.3. The first-order chi connectivity index (χ1) is 13.1. The molecule has 3 rings (SSSR count). The lowest BCUT2D eigenvalue weighted by Gasteiger charge is -2.25. The number of hydrogen-bond donors (Lipinski definition) is 2. The largest absolute Gasteiger partial charge is 0.493 e. The molecule has 0 bridgehead atoms. The Hall–Kier alpha value is -2.75. The fourth-order valence-corrected chi connectivity index (χ4v) is 3.68. The summed E-state index contributed by atoms with van der Waals surface area (Å²) in [5.41, 5.74) is 0.503. The van der Waals surface area contributed by atoms with Gasteiger partial charge < -0.3 is 24.4 Å². The third-order valence-corrected chi connectivity index (χ3v) is 5.08. The Morgan fingerprint density at radius 1 is 1.00 bits per heavy atom. The first-order valence-electron chi connectivity index (χ1n) is 8.61. The Balaban J connectivity index is 1.66. The third-order valence-electron chi connectivity index (χ3n) is 4.18. The van der Waals surface area contributed by atoms with Crippen LogP contribution in [0.3, 0.4) is 0 Å². The number of carbonyl (C=O) groups excluding carboxylic acids is 1. The fraction of sp³-hybridized carbons (Fsp3) is 0.471. The number of rotatable bonds is 6. The Kier molecular flexibility index (Phi) is 6.17. The number of hydrogen-bond acceptors (Lipinski definition) is 8. The molecular formula is C17H23N5O4S. The zero-order chi connectivity index (χ0) is 19.2. The molecule has 2 N–H and O–H groups in total. The first kappa shape index (κ1) is 19.0.